The van der Waals surface area contributed by atoms with E-state index in [1.165, 1.54) is 0 Å². The predicted molar refractivity (Wildman–Crippen MR) is 66.5 cm³/mol. The summed E-state index contributed by atoms with van der Waals surface area (Å²) >= 11 is 0. The van der Waals surface area contributed by atoms with Crippen molar-refractivity contribution in [1.29, 1.82) is 0 Å². The molecule has 5 nitrogen and oxygen atoms in total. The average molecular weight is 251 g/mol. The van der Waals surface area contributed by atoms with Crippen molar-refractivity contribution in [2.24, 2.45) is 0 Å². The van der Waals surface area contributed by atoms with Crippen molar-refractivity contribution in [1.82, 2.24) is 5.32 Å². The summed E-state index contributed by atoms with van der Waals surface area (Å²) in [4.78, 5) is 22.2. The summed E-state index contributed by atoms with van der Waals surface area (Å²) in [7, 11) is 0. The summed E-state index contributed by atoms with van der Waals surface area (Å²) in [6.07, 6.45) is -1.10. The normalized spacial score (nSPS) is 10.8. The van der Waals surface area contributed by atoms with Crippen molar-refractivity contribution in [3.63, 3.8) is 0 Å². The van der Waals surface area contributed by atoms with Gasteiger partial charge in [0, 0.05) is 6.54 Å². The number of ether oxygens (including phenoxy) is 1. The van der Waals surface area contributed by atoms with Gasteiger partial charge in [-0.05, 0) is 38.5 Å². The Morgan fingerprint density at radius 3 is 2.56 bits per heavy atom. The van der Waals surface area contributed by atoms with Crippen LogP contribution in [0, 0.1) is 0 Å². The van der Waals surface area contributed by atoms with Crippen molar-refractivity contribution in [3.8, 4) is 0 Å². The van der Waals surface area contributed by atoms with Gasteiger partial charge in [0.2, 0.25) is 0 Å². The highest BCUT2D eigenvalue weighted by Crippen LogP contribution is 2.13. The highest BCUT2D eigenvalue weighted by Gasteiger charge is 2.17. The fourth-order valence-electron chi connectivity index (χ4n) is 1.32. The van der Waals surface area contributed by atoms with Crippen LogP contribution in [0.3, 0.4) is 0 Å². The lowest BCUT2D eigenvalue weighted by molar-refractivity contribution is 0.00694. The van der Waals surface area contributed by atoms with E-state index in [-0.39, 0.29) is 6.54 Å². The van der Waals surface area contributed by atoms with Crippen LogP contribution in [0.1, 0.15) is 36.7 Å². The lowest BCUT2D eigenvalue weighted by Gasteiger charge is -2.19. The fraction of sp³-hybridized carbons (Fsp3) is 0.385. The number of amides is 1. The number of hydrogen-bond acceptors (Lipinski definition) is 3. The second-order valence-corrected chi connectivity index (χ2v) is 4.86. The van der Waals surface area contributed by atoms with Crippen LogP contribution in [0.5, 0.6) is 0 Å². The number of hydrogen-bond donors (Lipinski definition) is 2. The van der Waals surface area contributed by atoms with Gasteiger partial charge < -0.3 is 15.2 Å². The van der Waals surface area contributed by atoms with E-state index in [0.717, 1.165) is 0 Å². The van der Waals surface area contributed by atoms with Gasteiger partial charge in [-0.3, -0.25) is 0 Å². The Hall–Kier alpha value is -2.04. The molecule has 0 radical (unpaired) electrons. The maximum atomic E-state index is 11.8. The first-order valence-corrected chi connectivity index (χ1v) is 5.57. The summed E-state index contributed by atoms with van der Waals surface area (Å²) in [5.41, 5.74) is 0.572. The third-order valence-corrected chi connectivity index (χ3v) is 2.01. The van der Waals surface area contributed by atoms with Gasteiger partial charge in [-0.25, -0.2) is 9.59 Å². The first kappa shape index (κ1) is 14.0. The van der Waals surface area contributed by atoms with Gasteiger partial charge in [-0.15, -0.1) is 0 Å². The molecule has 0 saturated heterocycles. The molecule has 0 spiro atoms. The van der Waals surface area contributed by atoms with Crippen molar-refractivity contribution < 1.29 is 19.4 Å². The van der Waals surface area contributed by atoms with Crippen molar-refractivity contribution in [2.45, 2.75) is 32.9 Å². The zero-order valence-electron chi connectivity index (χ0n) is 10.7. The average Bonchev–Trinajstić information content (AvgIpc) is 2.24. The molecular formula is C13H17NO4. The van der Waals surface area contributed by atoms with Crippen molar-refractivity contribution in [3.05, 3.63) is 35.4 Å². The molecule has 0 aliphatic rings. The van der Waals surface area contributed by atoms with Gasteiger partial charge in [-0.1, -0.05) is 12.1 Å². The minimum atomic E-state index is -1.10. The highest BCUT2D eigenvalue weighted by molar-refractivity contribution is 5.89. The minimum absolute atomic E-state index is 0.159. The Morgan fingerprint density at radius 2 is 2.00 bits per heavy atom. The Labute approximate surface area is 106 Å². The second kappa shape index (κ2) is 5.53. The minimum Gasteiger partial charge on any atom is -0.465 e. The zero-order chi connectivity index (χ0) is 13.8. The van der Waals surface area contributed by atoms with Gasteiger partial charge >= 0.3 is 12.1 Å². The molecule has 0 fully saturated rings. The van der Waals surface area contributed by atoms with Crippen LogP contribution in [0.25, 0.3) is 0 Å². The molecule has 98 valence electrons. The lowest BCUT2D eigenvalue weighted by atomic mass is 10.1. The highest BCUT2D eigenvalue weighted by atomic mass is 16.6. The molecule has 5 heteroatoms. The van der Waals surface area contributed by atoms with Crippen molar-refractivity contribution in [2.75, 3.05) is 0 Å². The number of rotatable bonds is 3. The van der Waals surface area contributed by atoms with Crippen LogP contribution in [0.4, 0.5) is 4.79 Å². The lowest BCUT2D eigenvalue weighted by Crippen LogP contribution is -2.24. The van der Waals surface area contributed by atoms with Crippen LogP contribution in [-0.4, -0.2) is 22.8 Å². The van der Waals surface area contributed by atoms with E-state index >= 15 is 0 Å². The maximum Gasteiger partial charge on any atom is 0.404 e. The largest absolute Gasteiger partial charge is 0.465 e. The monoisotopic (exact) mass is 251 g/mol. The SMILES string of the molecule is CC(C)(C)OC(=O)c1cccc(CNC(=O)O)c1. The number of esters is 1. The Bertz CT molecular complexity index is 449. The fourth-order valence-corrected chi connectivity index (χ4v) is 1.32. The Kier molecular flexibility index (Phi) is 4.31. The van der Waals surface area contributed by atoms with E-state index in [0.29, 0.717) is 11.1 Å². The molecule has 1 aromatic rings. The molecule has 0 atom stereocenters. The molecule has 0 aliphatic carbocycles. The van der Waals surface area contributed by atoms with Gasteiger partial charge in [-0.2, -0.15) is 0 Å². The van der Waals surface area contributed by atoms with E-state index in [9.17, 15) is 9.59 Å². The summed E-state index contributed by atoms with van der Waals surface area (Å²) in [6.45, 7) is 5.54. The molecule has 0 unspecified atom stereocenters. The maximum absolute atomic E-state index is 11.8. The van der Waals surface area contributed by atoms with Crippen LogP contribution in [0.15, 0.2) is 24.3 Å². The third kappa shape index (κ3) is 4.86. The zero-order valence-corrected chi connectivity index (χ0v) is 10.7. The summed E-state index contributed by atoms with van der Waals surface area (Å²) in [5, 5.41) is 10.7. The molecule has 1 rings (SSSR count). The molecule has 1 amide bonds. The molecule has 18 heavy (non-hydrogen) atoms. The Morgan fingerprint density at radius 1 is 1.33 bits per heavy atom. The van der Waals surface area contributed by atoms with Crippen LogP contribution < -0.4 is 5.32 Å². The third-order valence-electron chi connectivity index (χ3n) is 2.01. The molecule has 0 aromatic heterocycles. The van der Waals surface area contributed by atoms with Gasteiger partial charge in [0.15, 0.2) is 0 Å². The van der Waals surface area contributed by atoms with E-state index in [1.54, 1.807) is 45.0 Å². The molecule has 0 bridgehead atoms. The number of benzene rings is 1. The number of carbonyl (C=O) groups excluding carboxylic acids is 1. The molecular weight excluding hydrogens is 234 g/mol. The predicted octanol–water partition coefficient (Wildman–Crippen LogP) is 2.41. The molecule has 2 N–H and O–H groups in total. The second-order valence-electron chi connectivity index (χ2n) is 4.86. The van der Waals surface area contributed by atoms with E-state index in [4.69, 9.17) is 9.84 Å². The number of carboxylic acid groups (broad SMARTS) is 1. The van der Waals surface area contributed by atoms with Crippen molar-refractivity contribution >= 4 is 12.1 Å². The van der Waals surface area contributed by atoms with E-state index < -0.39 is 17.7 Å². The smallest absolute Gasteiger partial charge is 0.404 e. The standard InChI is InChI=1S/C13H17NO4/c1-13(2,3)18-11(15)10-6-4-5-9(7-10)8-14-12(16)17/h4-7,14H,8H2,1-3H3,(H,16,17). The van der Waals surface area contributed by atoms with E-state index in [2.05, 4.69) is 5.32 Å². The van der Waals surface area contributed by atoms with Crippen LogP contribution in [-0.2, 0) is 11.3 Å². The molecule has 0 saturated carbocycles. The molecule has 0 heterocycles. The number of carbonyl (C=O) groups is 2. The van der Waals surface area contributed by atoms with Gasteiger partial charge in [0.05, 0.1) is 5.56 Å². The first-order chi connectivity index (χ1) is 8.28. The summed E-state index contributed by atoms with van der Waals surface area (Å²) in [5.74, 6) is -0.417. The summed E-state index contributed by atoms with van der Waals surface area (Å²) < 4.78 is 5.23. The molecule has 0 aliphatic heterocycles. The van der Waals surface area contributed by atoms with E-state index in [1.807, 2.05) is 0 Å². The number of nitrogens with one attached hydrogen (secondary N) is 1. The Balaban J connectivity index is 2.75. The quantitative estimate of drug-likeness (QED) is 0.809. The summed E-state index contributed by atoms with van der Waals surface area (Å²) in [6, 6.07) is 6.68. The van der Waals surface area contributed by atoms with Crippen LogP contribution in [0.2, 0.25) is 0 Å². The van der Waals surface area contributed by atoms with Gasteiger partial charge in [0.1, 0.15) is 5.60 Å². The van der Waals surface area contributed by atoms with Crippen LogP contribution >= 0.6 is 0 Å². The molecule has 1 aromatic carbocycles. The first-order valence-electron chi connectivity index (χ1n) is 5.57. The topological polar surface area (TPSA) is 75.6 Å². The van der Waals surface area contributed by atoms with Gasteiger partial charge in [0.25, 0.3) is 0 Å².